The van der Waals surface area contributed by atoms with Crippen molar-refractivity contribution in [1.82, 2.24) is 5.32 Å². The Morgan fingerprint density at radius 3 is 2.59 bits per heavy atom. The molecule has 0 aliphatic carbocycles. The molecular weight excluding hydrogens is 436 g/mol. The Bertz CT molecular complexity index is 1130. The minimum atomic E-state index is -1.10. The van der Waals surface area contributed by atoms with Crippen molar-refractivity contribution in [3.8, 4) is 11.5 Å². The molecule has 1 aliphatic rings. The molecule has 0 radical (unpaired) electrons. The van der Waals surface area contributed by atoms with Gasteiger partial charge in [-0.1, -0.05) is 18.2 Å². The number of thioether (sulfide) groups is 1. The average Bonchev–Trinajstić information content (AvgIpc) is 3.12. The number of aliphatic carboxylic acids is 1. The van der Waals surface area contributed by atoms with Gasteiger partial charge in [0, 0.05) is 0 Å². The zero-order valence-electron chi connectivity index (χ0n) is 17.4. The van der Waals surface area contributed by atoms with Crippen LogP contribution < -0.4 is 14.8 Å². The molecule has 1 unspecified atom stereocenters. The minimum Gasteiger partial charge on any atom is -0.493 e. The summed E-state index contributed by atoms with van der Waals surface area (Å²) in [5.74, 6) is -1.37. The number of aliphatic imine (C=N–C) groups is 1. The molecule has 1 fully saturated rings. The topological polar surface area (TPSA) is 124 Å². The third-order valence-electron chi connectivity index (χ3n) is 4.32. The summed E-state index contributed by atoms with van der Waals surface area (Å²) >= 11 is 1.12. The molecular formula is C22H20N2O7S. The smallest absolute Gasteiger partial charge is 0.344 e. The summed E-state index contributed by atoms with van der Waals surface area (Å²) in [7, 11) is 2.72. The molecule has 1 amide bonds. The lowest BCUT2D eigenvalue weighted by atomic mass is 10.2. The number of rotatable bonds is 7. The standard InChI is InChI=1S/C22H20N2O7S/c1-12(20(26)27)31-16-9-8-13(10-17(16)29-2)11-18-19(25)24-22(32-18)23-15-7-5-4-6-14(15)21(28)30-3/h4-12H,1-3H3,(H,26,27)(H,23,24,25)/b18-11+. The summed E-state index contributed by atoms with van der Waals surface area (Å²) in [6.45, 7) is 1.41. The summed E-state index contributed by atoms with van der Waals surface area (Å²) in [5.41, 5.74) is 1.30. The Balaban J connectivity index is 1.84. The summed E-state index contributed by atoms with van der Waals surface area (Å²) in [5, 5.41) is 12.0. The van der Waals surface area contributed by atoms with E-state index in [-0.39, 0.29) is 17.2 Å². The molecule has 2 N–H and O–H groups in total. The molecule has 1 atom stereocenters. The number of ether oxygens (including phenoxy) is 3. The molecule has 2 aromatic rings. The van der Waals surface area contributed by atoms with E-state index < -0.39 is 18.0 Å². The summed E-state index contributed by atoms with van der Waals surface area (Å²) in [4.78, 5) is 40.1. The lowest BCUT2D eigenvalue weighted by molar-refractivity contribution is -0.144. The molecule has 1 saturated heterocycles. The fraction of sp³-hybridized carbons (Fsp3) is 0.182. The molecule has 1 heterocycles. The monoisotopic (exact) mass is 456 g/mol. The predicted molar refractivity (Wildman–Crippen MR) is 119 cm³/mol. The van der Waals surface area contributed by atoms with Crippen LogP contribution in [0.3, 0.4) is 0 Å². The van der Waals surface area contributed by atoms with Crippen LogP contribution in [0.1, 0.15) is 22.8 Å². The van der Waals surface area contributed by atoms with Gasteiger partial charge >= 0.3 is 11.9 Å². The van der Waals surface area contributed by atoms with E-state index in [0.717, 1.165) is 11.8 Å². The summed E-state index contributed by atoms with van der Waals surface area (Å²) in [6.07, 6.45) is 0.595. The largest absolute Gasteiger partial charge is 0.493 e. The molecule has 0 spiro atoms. The van der Waals surface area contributed by atoms with Gasteiger partial charge < -0.3 is 24.6 Å². The second-order valence-corrected chi connectivity index (χ2v) is 7.53. The highest BCUT2D eigenvalue weighted by Gasteiger charge is 2.25. The molecule has 3 rings (SSSR count). The molecule has 2 aromatic carbocycles. The van der Waals surface area contributed by atoms with Crippen molar-refractivity contribution < 1.29 is 33.7 Å². The number of esters is 1. The van der Waals surface area contributed by atoms with Crippen LogP contribution in [0, 0.1) is 0 Å². The number of carboxylic acids is 1. The summed E-state index contributed by atoms with van der Waals surface area (Å²) < 4.78 is 15.4. The molecule has 10 heteroatoms. The van der Waals surface area contributed by atoms with Crippen molar-refractivity contribution >= 4 is 46.5 Å². The molecule has 166 valence electrons. The second kappa shape index (κ2) is 10.0. The van der Waals surface area contributed by atoms with Crippen molar-refractivity contribution in [2.45, 2.75) is 13.0 Å². The Kier molecular flexibility index (Phi) is 7.16. The average molecular weight is 456 g/mol. The van der Waals surface area contributed by atoms with Crippen LogP contribution in [-0.2, 0) is 14.3 Å². The normalized spacial score (nSPS) is 16.5. The highest BCUT2D eigenvalue weighted by atomic mass is 32.2. The Labute approximate surface area is 188 Å². The van der Waals surface area contributed by atoms with Gasteiger partial charge in [0.05, 0.1) is 30.4 Å². The number of carboxylic acid groups (broad SMARTS) is 1. The van der Waals surface area contributed by atoms with Gasteiger partial charge in [-0.15, -0.1) is 0 Å². The zero-order valence-corrected chi connectivity index (χ0v) is 18.3. The molecule has 9 nitrogen and oxygen atoms in total. The van der Waals surface area contributed by atoms with Gasteiger partial charge in [0.2, 0.25) is 0 Å². The number of amidine groups is 1. The first-order valence-corrected chi connectivity index (χ1v) is 10.2. The fourth-order valence-electron chi connectivity index (χ4n) is 2.71. The lowest BCUT2D eigenvalue weighted by Gasteiger charge is -2.14. The van der Waals surface area contributed by atoms with E-state index in [0.29, 0.717) is 27.1 Å². The first-order valence-electron chi connectivity index (χ1n) is 9.36. The third kappa shape index (κ3) is 5.27. The second-order valence-electron chi connectivity index (χ2n) is 6.50. The van der Waals surface area contributed by atoms with Crippen LogP contribution in [0.4, 0.5) is 5.69 Å². The SMILES string of the molecule is COC(=O)c1ccccc1N=C1NC(=O)/C(=C\c2ccc(OC(C)C(=O)O)c(OC)c2)S1. The number of nitrogens with one attached hydrogen (secondary N) is 1. The maximum absolute atomic E-state index is 12.4. The van der Waals surface area contributed by atoms with Gasteiger partial charge in [-0.2, -0.15) is 0 Å². The fourth-order valence-corrected chi connectivity index (χ4v) is 3.54. The van der Waals surface area contributed by atoms with Crippen molar-refractivity contribution in [3.63, 3.8) is 0 Å². The van der Waals surface area contributed by atoms with Crippen molar-refractivity contribution in [3.05, 3.63) is 58.5 Å². The van der Waals surface area contributed by atoms with Gasteiger partial charge in [0.1, 0.15) is 0 Å². The maximum atomic E-state index is 12.4. The number of hydrogen-bond donors (Lipinski definition) is 2. The number of para-hydroxylation sites is 1. The zero-order chi connectivity index (χ0) is 23.3. The van der Waals surface area contributed by atoms with E-state index in [1.54, 1.807) is 48.5 Å². The van der Waals surface area contributed by atoms with Crippen molar-refractivity contribution in [2.75, 3.05) is 14.2 Å². The van der Waals surface area contributed by atoms with Gasteiger partial charge in [-0.25, -0.2) is 14.6 Å². The number of carbonyl (C=O) groups excluding carboxylic acids is 2. The van der Waals surface area contributed by atoms with Crippen LogP contribution in [0.15, 0.2) is 52.4 Å². The number of nitrogens with zero attached hydrogens (tertiary/aromatic N) is 1. The van der Waals surface area contributed by atoms with E-state index in [4.69, 9.17) is 19.3 Å². The van der Waals surface area contributed by atoms with Gasteiger partial charge in [0.15, 0.2) is 22.8 Å². The van der Waals surface area contributed by atoms with E-state index in [2.05, 4.69) is 10.3 Å². The van der Waals surface area contributed by atoms with E-state index in [1.807, 2.05) is 0 Å². The third-order valence-corrected chi connectivity index (χ3v) is 5.23. The van der Waals surface area contributed by atoms with Crippen LogP contribution in [0.25, 0.3) is 6.08 Å². The van der Waals surface area contributed by atoms with Crippen molar-refractivity contribution in [2.24, 2.45) is 4.99 Å². The van der Waals surface area contributed by atoms with E-state index in [9.17, 15) is 14.4 Å². The Morgan fingerprint density at radius 2 is 1.91 bits per heavy atom. The number of methoxy groups -OCH3 is 2. The van der Waals surface area contributed by atoms with Gasteiger partial charge in [0.25, 0.3) is 5.91 Å². The minimum absolute atomic E-state index is 0.273. The molecule has 0 aromatic heterocycles. The maximum Gasteiger partial charge on any atom is 0.344 e. The molecule has 1 aliphatic heterocycles. The Hall–Kier alpha value is -3.79. The number of hydrogen-bond acceptors (Lipinski definition) is 8. The first-order chi connectivity index (χ1) is 15.3. The van der Waals surface area contributed by atoms with Crippen LogP contribution in [0.2, 0.25) is 0 Å². The predicted octanol–water partition coefficient (Wildman–Crippen LogP) is 3.23. The number of amides is 1. The lowest BCUT2D eigenvalue weighted by Crippen LogP contribution is -2.23. The number of benzene rings is 2. The van der Waals surface area contributed by atoms with E-state index >= 15 is 0 Å². The van der Waals surface area contributed by atoms with Gasteiger partial charge in [-0.3, -0.25) is 4.79 Å². The van der Waals surface area contributed by atoms with Crippen LogP contribution >= 0.6 is 11.8 Å². The Morgan fingerprint density at radius 1 is 1.16 bits per heavy atom. The quantitative estimate of drug-likeness (QED) is 0.481. The van der Waals surface area contributed by atoms with Crippen molar-refractivity contribution in [1.29, 1.82) is 0 Å². The van der Waals surface area contributed by atoms with Crippen LogP contribution in [0.5, 0.6) is 11.5 Å². The summed E-state index contributed by atoms with van der Waals surface area (Å²) in [6, 6.07) is 11.5. The molecule has 0 saturated carbocycles. The number of carbonyl (C=O) groups is 3. The first kappa shape index (κ1) is 22.9. The van der Waals surface area contributed by atoms with E-state index in [1.165, 1.54) is 21.1 Å². The highest BCUT2D eigenvalue weighted by Crippen LogP contribution is 2.33. The molecule has 32 heavy (non-hydrogen) atoms. The van der Waals surface area contributed by atoms with Gasteiger partial charge in [-0.05, 0) is 54.6 Å². The van der Waals surface area contributed by atoms with Crippen LogP contribution in [-0.4, -0.2) is 48.4 Å². The highest BCUT2D eigenvalue weighted by molar-refractivity contribution is 8.18. The molecule has 0 bridgehead atoms.